The first-order valence-electron chi connectivity index (χ1n) is 5.87. The molecule has 0 saturated carbocycles. The second kappa shape index (κ2) is 4.18. The Morgan fingerprint density at radius 3 is 2.50 bits per heavy atom. The van der Waals surface area contributed by atoms with Crippen molar-refractivity contribution >= 4 is 23.7 Å². The predicted molar refractivity (Wildman–Crippen MR) is 78.1 cm³/mol. The minimum Gasteiger partial charge on any atom is -0.327 e. The van der Waals surface area contributed by atoms with E-state index in [1.54, 1.807) is 0 Å². The number of aromatic nitrogens is 2. The van der Waals surface area contributed by atoms with E-state index in [-0.39, 0.29) is 0 Å². The van der Waals surface area contributed by atoms with Crippen LogP contribution in [-0.4, -0.2) is 9.55 Å². The molecule has 0 aliphatic rings. The molecule has 1 heterocycles. The SMILES string of the molecule is Cc1ccc(-c2nc3ccc(S)cc3n2C)cc1. The molecule has 0 spiro atoms. The highest BCUT2D eigenvalue weighted by atomic mass is 32.1. The molecule has 0 fully saturated rings. The van der Waals surface area contributed by atoms with Crippen LogP contribution in [0.3, 0.4) is 0 Å². The lowest BCUT2D eigenvalue weighted by Crippen LogP contribution is -1.92. The maximum Gasteiger partial charge on any atom is 0.140 e. The summed E-state index contributed by atoms with van der Waals surface area (Å²) < 4.78 is 2.11. The Balaban J connectivity index is 2.23. The molecule has 0 radical (unpaired) electrons. The van der Waals surface area contributed by atoms with Gasteiger partial charge in [-0.15, -0.1) is 12.6 Å². The van der Waals surface area contributed by atoms with Crippen molar-refractivity contribution in [2.24, 2.45) is 7.05 Å². The third-order valence-electron chi connectivity index (χ3n) is 3.17. The summed E-state index contributed by atoms with van der Waals surface area (Å²) in [5.41, 5.74) is 4.51. The molecule has 0 saturated heterocycles. The van der Waals surface area contributed by atoms with E-state index in [1.165, 1.54) is 5.56 Å². The first kappa shape index (κ1) is 11.4. The van der Waals surface area contributed by atoms with Gasteiger partial charge in [0.15, 0.2) is 0 Å². The quantitative estimate of drug-likeness (QED) is 0.653. The molecule has 0 bridgehead atoms. The Labute approximate surface area is 112 Å². The largest absolute Gasteiger partial charge is 0.327 e. The van der Waals surface area contributed by atoms with Crippen molar-refractivity contribution in [1.82, 2.24) is 9.55 Å². The second-order valence-electron chi connectivity index (χ2n) is 4.53. The molecule has 1 aromatic heterocycles. The Bertz CT molecular complexity index is 711. The van der Waals surface area contributed by atoms with Gasteiger partial charge in [-0.1, -0.05) is 29.8 Å². The number of fused-ring (bicyclic) bond motifs is 1. The van der Waals surface area contributed by atoms with E-state index >= 15 is 0 Å². The summed E-state index contributed by atoms with van der Waals surface area (Å²) in [5, 5.41) is 0. The Hall–Kier alpha value is -1.74. The normalized spacial score (nSPS) is 11.1. The van der Waals surface area contributed by atoms with E-state index in [2.05, 4.69) is 53.4 Å². The van der Waals surface area contributed by atoms with Crippen molar-refractivity contribution in [3.8, 4) is 11.4 Å². The third-order valence-corrected chi connectivity index (χ3v) is 3.45. The van der Waals surface area contributed by atoms with Crippen LogP contribution in [0, 0.1) is 6.92 Å². The van der Waals surface area contributed by atoms with Gasteiger partial charge >= 0.3 is 0 Å². The lowest BCUT2D eigenvalue weighted by atomic mass is 10.1. The van der Waals surface area contributed by atoms with Gasteiger partial charge in [0.05, 0.1) is 11.0 Å². The minimum absolute atomic E-state index is 0.959. The smallest absolute Gasteiger partial charge is 0.140 e. The molecule has 90 valence electrons. The van der Waals surface area contributed by atoms with Gasteiger partial charge in [-0.3, -0.25) is 0 Å². The van der Waals surface area contributed by atoms with Gasteiger partial charge in [-0.25, -0.2) is 4.98 Å². The Kier molecular flexibility index (Phi) is 2.63. The molecule has 0 aliphatic carbocycles. The van der Waals surface area contributed by atoms with Crippen LogP contribution in [0.4, 0.5) is 0 Å². The number of thiol groups is 1. The van der Waals surface area contributed by atoms with Gasteiger partial charge in [0.25, 0.3) is 0 Å². The summed E-state index contributed by atoms with van der Waals surface area (Å²) in [6.45, 7) is 2.09. The first-order valence-corrected chi connectivity index (χ1v) is 6.32. The molecule has 0 unspecified atom stereocenters. The topological polar surface area (TPSA) is 17.8 Å². The van der Waals surface area contributed by atoms with E-state index in [4.69, 9.17) is 0 Å². The number of benzene rings is 2. The van der Waals surface area contributed by atoms with Crippen LogP contribution in [-0.2, 0) is 7.05 Å². The molecule has 18 heavy (non-hydrogen) atoms. The molecule has 0 aliphatic heterocycles. The molecule has 3 heteroatoms. The van der Waals surface area contributed by atoms with Gasteiger partial charge in [0.2, 0.25) is 0 Å². The van der Waals surface area contributed by atoms with Crippen molar-refractivity contribution in [2.45, 2.75) is 11.8 Å². The summed E-state index contributed by atoms with van der Waals surface area (Å²) in [5.74, 6) is 0.990. The average Bonchev–Trinajstić information content (AvgIpc) is 2.68. The number of rotatable bonds is 1. The number of hydrogen-bond acceptors (Lipinski definition) is 2. The van der Waals surface area contributed by atoms with Gasteiger partial charge in [0, 0.05) is 17.5 Å². The summed E-state index contributed by atoms with van der Waals surface area (Å²) in [4.78, 5) is 5.64. The maximum atomic E-state index is 4.68. The van der Waals surface area contributed by atoms with Crippen LogP contribution in [0.25, 0.3) is 22.4 Å². The van der Waals surface area contributed by atoms with Gasteiger partial charge < -0.3 is 4.57 Å². The highest BCUT2D eigenvalue weighted by Gasteiger charge is 2.09. The number of nitrogens with zero attached hydrogens (tertiary/aromatic N) is 2. The zero-order valence-electron chi connectivity index (χ0n) is 10.4. The molecular weight excluding hydrogens is 240 g/mol. The monoisotopic (exact) mass is 254 g/mol. The lowest BCUT2D eigenvalue weighted by molar-refractivity contribution is 0.958. The van der Waals surface area contributed by atoms with Crippen LogP contribution >= 0.6 is 12.6 Å². The summed E-state index contributed by atoms with van der Waals surface area (Å²) in [7, 11) is 2.04. The highest BCUT2D eigenvalue weighted by Crippen LogP contribution is 2.25. The van der Waals surface area contributed by atoms with Crippen molar-refractivity contribution in [2.75, 3.05) is 0 Å². The third kappa shape index (κ3) is 1.81. The van der Waals surface area contributed by atoms with E-state index < -0.39 is 0 Å². The minimum atomic E-state index is 0.959. The van der Waals surface area contributed by atoms with Crippen molar-refractivity contribution in [3.05, 3.63) is 48.0 Å². The number of aryl methyl sites for hydroxylation is 2. The van der Waals surface area contributed by atoms with Gasteiger partial charge in [0.1, 0.15) is 5.82 Å². The highest BCUT2D eigenvalue weighted by molar-refractivity contribution is 7.80. The Morgan fingerprint density at radius 2 is 1.78 bits per heavy atom. The molecule has 3 rings (SSSR count). The Morgan fingerprint density at radius 1 is 1.06 bits per heavy atom. The molecule has 2 aromatic carbocycles. The summed E-state index contributed by atoms with van der Waals surface area (Å²) in [6.07, 6.45) is 0. The van der Waals surface area contributed by atoms with Crippen molar-refractivity contribution in [3.63, 3.8) is 0 Å². The summed E-state index contributed by atoms with van der Waals surface area (Å²) in [6, 6.07) is 14.5. The molecule has 0 N–H and O–H groups in total. The molecule has 2 nitrogen and oxygen atoms in total. The summed E-state index contributed by atoms with van der Waals surface area (Å²) >= 11 is 4.38. The molecule has 0 atom stereocenters. The standard InChI is InChI=1S/C15H14N2S/c1-10-3-5-11(6-4-10)15-16-13-8-7-12(18)9-14(13)17(15)2/h3-9,18H,1-2H3. The fourth-order valence-electron chi connectivity index (χ4n) is 2.14. The van der Waals surface area contributed by atoms with E-state index in [9.17, 15) is 0 Å². The first-order chi connectivity index (χ1) is 8.65. The second-order valence-corrected chi connectivity index (χ2v) is 5.05. The van der Waals surface area contributed by atoms with Crippen LogP contribution in [0.2, 0.25) is 0 Å². The molecular formula is C15H14N2S. The fraction of sp³-hybridized carbons (Fsp3) is 0.133. The van der Waals surface area contributed by atoms with Gasteiger partial charge in [-0.05, 0) is 25.1 Å². The molecule has 0 amide bonds. The van der Waals surface area contributed by atoms with Crippen LogP contribution < -0.4 is 0 Å². The van der Waals surface area contributed by atoms with Crippen LogP contribution in [0.1, 0.15) is 5.56 Å². The maximum absolute atomic E-state index is 4.68. The zero-order chi connectivity index (χ0) is 12.7. The number of hydrogen-bond donors (Lipinski definition) is 1. The van der Waals surface area contributed by atoms with E-state index in [0.29, 0.717) is 0 Å². The average molecular weight is 254 g/mol. The van der Waals surface area contributed by atoms with Crippen LogP contribution in [0.5, 0.6) is 0 Å². The van der Waals surface area contributed by atoms with Gasteiger partial charge in [-0.2, -0.15) is 0 Å². The molecule has 3 aromatic rings. The van der Waals surface area contributed by atoms with Crippen molar-refractivity contribution in [1.29, 1.82) is 0 Å². The number of imidazole rings is 1. The van der Waals surface area contributed by atoms with Crippen LogP contribution in [0.15, 0.2) is 47.4 Å². The lowest BCUT2D eigenvalue weighted by Gasteiger charge is -2.03. The van der Waals surface area contributed by atoms with E-state index in [1.807, 2.05) is 25.2 Å². The predicted octanol–water partition coefficient (Wildman–Crippen LogP) is 3.84. The zero-order valence-corrected chi connectivity index (χ0v) is 11.3. The van der Waals surface area contributed by atoms with E-state index in [0.717, 1.165) is 27.3 Å². The van der Waals surface area contributed by atoms with Crippen molar-refractivity contribution < 1.29 is 0 Å². The fourth-order valence-corrected chi connectivity index (χ4v) is 2.34.